The van der Waals surface area contributed by atoms with Crippen molar-refractivity contribution in [3.8, 4) is 5.75 Å². The van der Waals surface area contributed by atoms with E-state index in [-0.39, 0.29) is 18.0 Å². The van der Waals surface area contributed by atoms with E-state index in [1.807, 2.05) is 6.92 Å². The Bertz CT molecular complexity index is 795. The molecule has 7 heteroatoms. The maximum atomic E-state index is 12.2. The van der Waals surface area contributed by atoms with Crippen molar-refractivity contribution in [1.29, 1.82) is 0 Å². The zero-order valence-corrected chi connectivity index (χ0v) is 12.7. The molecule has 0 saturated carbocycles. The molecule has 7 nitrogen and oxygen atoms in total. The molecule has 0 unspecified atom stereocenters. The van der Waals surface area contributed by atoms with Crippen molar-refractivity contribution in [2.45, 2.75) is 19.8 Å². The van der Waals surface area contributed by atoms with Crippen LogP contribution in [0.4, 0.5) is 5.69 Å². The van der Waals surface area contributed by atoms with E-state index in [1.165, 1.54) is 18.2 Å². The number of ether oxygens (including phenoxy) is 1. The van der Waals surface area contributed by atoms with Gasteiger partial charge in [-0.25, -0.2) is 0 Å². The Balaban J connectivity index is 2.62. The van der Waals surface area contributed by atoms with Crippen LogP contribution in [0.2, 0.25) is 0 Å². The number of aromatic nitrogens is 1. The first-order chi connectivity index (χ1) is 11.1. The van der Waals surface area contributed by atoms with Gasteiger partial charge in [0.1, 0.15) is 0 Å². The number of rotatable bonds is 7. The topological polar surface area (TPSA) is 105 Å². The van der Waals surface area contributed by atoms with Crippen LogP contribution in [0.5, 0.6) is 5.75 Å². The van der Waals surface area contributed by atoms with E-state index >= 15 is 0 Å². The Morgan fingerprint density at radius 1 is 1.43 bits per heavy atom. The van der Waals surface area contributed by atoms with Gasteiger partial charge in [-0.05, 0) is 12.5 Å². The largest absolute Gasteiger partial charge is 0.487 e. The fourth-order valence-corrected chi connectivity index (χ4v) is 2.21. The molecular formula is C16H18N2O5. The molecule has 1 aromatic carbocycles. The van der Waals surface area contributed by atoms with Gasteiger partial charge in [0.15, 0.2) is 5.75 Å². The molecule has 23 heavy (non-hydrogen) atoms. The van der Waals surface area contributed by atoms with Gasteiger partial charge in [-0.2, -0.15) is 0 Å². The Labute approximate surface area is 132 Å². The first-order valence-corrected chi connectivity index (χ1v) is 7.33. The highest BCUT2D eigenvalue weighted by atomic mass is 16.6. The Hall–Kier alpha value is -2.67. The van der Waals surface area contributed by atoms with E-state index in [0.717, 1.165) is 12.8 Å². The number of nitrogens with zero attached hydrogens (tertiary/aromatic N) is 1. The monoisotopic (exact) mass is 318 g/mol. The van der Waals surface area contributed by atoms with Crippen LogP contribution in [-0.4, -0.2) is 28.2 Å². The SMILES string of the molecule is CCCCOc1c(C=CCO)c2ccc([N+](=O)[O-])cc2[nH]c1=O. The van der Waals surface area contributed by atoms with Gasteiger partial charge in [-0.3, -0.25) is 14.9 Å². The van der Waals surface area contributed by atoms with Crippen molar-refractivity contribution in [3.63, 3.8) is 0 Å². The number of unbranched alkanes of at least 4 members (excludes halogenated alkanes) is 1. The number of hydrogen-bond donors (Lipinski definition) is 2. The minimum Gasteiger partial charge on any atom is -0.487 e. The maximum absolute atomic E-state index is 12.2. The molecule has 0 saturated heterocycles. The number of nitrogens with one attached hydrogen (secondary N) is 1. The molecule has 0 atom stereocenters. The van der Waals surface area contributed by atoms with Crippen molar-refractivity contribution in [1.82, 2.24) is 4.98 Å². The predicted molar refractivity (Wildman–Crippen MR) is 87.7 cm³/mol. The lowest BCUT2D eigenvalue weighted by Gasteiger charge is -2.11. The highest BCUT2D eigenvalue weighted by molar-refractivity contribution is 5.91. The van der Waals surface area contributed by atoms with Crippen LogP contribution in [0.1, 0.15) is 25.3 Å². The molecule has 2 N–H and O–H groups in total. The van der Waals surface area contributed by atoms with E-state index in [4.69, 9.17) is 9.84 Å². The van der Waals surface area contributed by atoms with Gasteiger partial charge in [0, 0.05) is 23.1 Å². The van der Waals surface area contributed by atoms with Crippen molar-refractivity contribution in [2.24, 2.45) is 0 Å². The van der Waals surface area contributed by atoms with Crippen molar-refractivity contribution >= 4 is 22.7 Å². The highest BCUT2D eigenvalue weighted by Gasteiger charge is 2.15. The van der Waals surface area contributed by atoms with Crippen LogP contribution < -0.4 is 10.3 Å². The average Bonchev–Trinajstić information content (AvgIpc) is 2.53. The average molecular weight is 318 g/mol. The van der Waals surface area contributed by atoms with E-state index in [9.17, 15) is 14.9 Å². The summed E-state index contributed by atoms with van der Waals surface area (Å²) in [5.74, 6) is 0.157. The van der Waals surface area contributed by atoms with E-state index in [1.54, 1.807) is 12.1 Å². The standard InChI is InChI=1S/C16H18N2O5/c1-2-3-9-23-15-13(5-4-8-19)12-7-6-11(18(21)22)10-14(12)17-16(15)20/h4-7,10,19H,2-3,8-9H2,1H3,(H,17,20). The third-order valence-electron chi connectivity index (χ3n) is 3.34. The van der Waals surface area contributed by atoms with Crippen molar-refractivity contribution in [3.05, 3.63) is 50.3 Å². The van der Waals surface area contributed by atoms with Crippen LogP contribution >= 0.6 is 0 Å². The van der Waals surface area contributed by atoms with Crippen LogP contribution in [0.25, 0.3) is 17.0 Å². The smallest absolute Gasteiger partial charge is 0.291 e. The minimum absolute atomic E-state index is 0.107. The second-order valence-electron chi connectivity index (χ2n) is 4.97. The number of aromatic amines is 1. The van der Waals surface area contributed by atoms with Gasteiger partial charge in [0.2, 0.25) is 0 Å². The molecule has 2 aromatic rings. The third kappa shape index (κ3) is 3.75. The Morgan fingerprint density at radius 2 is 2.22 bits per heavy atom. The molecular weight excluding hydrogens is 300 g/mol. The summed E-state index contributed by atoms with van der Waals surface area (Å²) in [7, 11) is 0. The predicted octanol–water partition coefficient (Wildman–Crippen LogP) is 2.62. The number of hydrogen-bond acceptors (Lipinski definition) is 5. The molecule has 0 amide bonds. The lowest BCUT2D eigenvalue weighted by Crippen LogP contribution is -2.14. The first-order valence-electron chi connectivity index (χ1n) is 7.33. The maximum Gasteiger partial charge on any atom is 0.291 e. The normalized spacial score (nSPS) is 11.2. The number of pyridine rings is 1. The Morgan fingerprint density at radius 3 is 2.87 bits per heavy atom. The number of aliphatic hydroxyl groups excluding tert-OH is 1. The van der Waals surface area contributed by atoms with Gasteiger partial charge in [0.25, 0.3) is 11.2 Å². The quantitative estimate of drug-likeness (QED) is 0.464. The molecule has 0 aliphatic rings. The van der Waals surface area contributed by atoms with Gasteiger partial charge < -0.3 is 14.8 Å². The molecule has 0 aliphatic heterocycles. The van der Waals surface area contributed by atoms with E-state index in [0.29, 0.717) is 23.1 Å². The number of nitro groups is 1. The summed E-state index contributed by atoms with van der Waals surface area (Å²) in [6, 6.07) is 4.24. The number of non-ortho nitro benzene ring substituents is 1. The summed E-state index contributed by atoms with van der Waals surface area (Å²) < 4.78 is 5.58. The van der Waals surface area contributed by atoms with Crippen molar-refractivity contribution in [2.75, 3.05) is 13.2 Å². The number of benzene rings is 1. The van der Waals surface area contributed by atoms with Gasteiger partial charge in [-0.1, -0.05) is 25.5 Å². The minimum atomic E-state index is -0.521. The summed E-state index contributed by atoms with van der Waals surface area (Å²) in [6.45, 7) is 2.23. The fourth-order valence-electron chi connectivity index (χ4n) is 2.21. The number of H-pyrrole nitrogens is 1. The highest BCUT2D eigenvalue weighted by Crippen LogP contribution is 2.27. The van der Waals surface area contributed by atoms with Crippen LogP contribution in [0.3, 0.4) is 0 Å². The summed E-state index contributed by atoms with van der Waals surface area (Å²) in [5.41, 5.74) is 0.296. The summed E-state index contributed by atoms with van der Waals surface area (Å²) in [5, 5.41) is 20.5. The summed E-state index contributed by atoms with van der Waals surface area (Å²) in [4.78, 5) is 25.2. The van der Waals surface area contributed by atoms with Crippen LogP contribution in [0.15, 0.2) is 29.1 Å². The summed E-state index contributed by atoms with van der Waals surface area (Å²) in [6.07, 6.45) is 4.81. The molecule has 0 radical (unpaired) electrons. The molecule has 0 spiro atoms. The third-order valence-corrected chi connectivity index (χ3v) is 3.34. The second kappa shape index (κ2) is 7.55. The molecule has 2 rings (SSSR count). The van der Waals surface area contributed by atoms with Gasteiger partial charge in [0.05, 0.1) is 23.7 Å². The summed E-state index contributed by atoms with van der Waals surface area (Å²) >= 11 is 0. The molecule has 1 heterocycles. The number of nitro benzene ring substituents is 1. The number of aliphatic hydroxyl groups is 1. The van der Waals surface area contributed by atoms with Gasteiger partial charge >= 0.3 is 0 Å². The van der Waals surface area contributed by atoms with E-state index in [2.05, 4.69) is 4.98 Å². The molecule has 122 valence electrons. The Kier molecular flexibility index (Phi) is 5.48. The van der Waals surface area contributed by atoms with E-state index < -0.39 is 10.5 Å². The zero-order valence-electron chi connectivity index (χ0n) is 12.7. The molecule has 0 aliphatic carbocycles. The first kappa shape index (κ1) is 16.7. The molecule has 1 aromatic heterocycles. The lowest BCUT2D eigenvalue weighted by molar-refractivity contribution is -0.384. The fraction of sp³-hybridized carbons (Fsp3) is 0.312. The molecule has 0 fully saturated rings. The van der Waals surface area contributed by atoms with Crippen LogP contribution in [-0.2, 0) is 0 Å². The second-order valence-corrected chi connectivity index (χ2v) is 4.97. The number of fused-ring (bicyclic) bond motifs is 1. The van der Waals surface area contributed by atoms with Crippen LogP contribution in [0, 0.1) is 10.1 Å². The lowest BCUT2D eigenvalue weighted by atomic mass is 10.1. The van der Waals surface area contributed by atoms with Crippen molar-refractivity contribution < 1.29 is 14.8 Å². The zero-order chi connectivity index (χ0) is 16.8. The molecule has 0 bridgehead atoms. The van der Waals surface area contributed by atoms with Gasteiger partial charge in [-0.15, -0.1) is 0 Å².